The normalized spacial score (nSPS) is 17.5. The van der Waals surface area contributed by atoms with Crippen LogP contribution in [0.1, 0.15) is 25.7 Å². The molecule has 9 nitrogen and oxygen atoms in total. The van der Waals surface area contributed by atoms with Crippen molar-refractivity contribution in [2.45, 2.75) is 31.7 Å². The van der Waals surface area contributed by atoms with Crippen LogP contribution in [-0.4, -0.2) is 61.6 Å². The average molecular weight is 520 g/mol. The minimum absolute atomic E-state index is 0.109. The highest BCUT2D eigenvalue weighted by Gasteiger charge is 2.35. The number of rotatable bonds is 6. The first kappa shape index (κ1) is 23.6. The van der Waals surface area contributed by atoms with Crippen LogP contribution in [-0.2, 0) is 4.79 Å². The Hall–Kier alpha value is -4.53. The van der Waals surface area contributed by atoms with Crippen molar-refractivity contribution in [2.75, 3.05) is 25.5 Å². The molecule has 1 saturated heterocycles. The first-order chi connectivity index (χ1) is 19.2. The standard InChI is InChI=1S/C30H29N7O2/c1-39-22-11-13-24-26(17-22)37(28(34-24)25-12-10-19-5-2-3-7-23(19)33-25)27-14-15-31-30(35-27)32-21-6-4-16-36(18-21)29(38)20-8-9-20/h2-3,5,7,10-15,17,20-21H,4,6,8-9,16,18H2,1H3,(H,31,32,35). The van der Waals surface area contributed by atoms with Gasteiger partial charge in [-0.15, -0.1) is 0 Å². The second-order valence-corrected chi connectivity index (χ2v) is 10.3. The summed E-state index contributed by atoms with van der Waals surface area (Å²) in [6, 6.07) is 19.9. The van der Waals surface area contributed by atoms with E-state index in [4.69, 9.17) is 19.7 Å². The molecule has 1 aliphatic heterocycles. The highest BCUT2D eigenvalue weighted by molar-refractivity contribution is 5.86. The van der Waals surface area contributed by atoms with Crippen molar-refractivity contribution in [2.24, 2.45) is 5.92 Å². The third-order valence-corrected chi connectivity index (χ3v) is 7.55. The summed E-state index contributed by atoms with van der Waals surface area (Å²) >= 11 is 0. The molecule has 1 unspecified atom stereocenters. The van der Waals surface area contributed by atoms with Crippen molar-refractivity contribution < 1.29 is 9.53 Å². The minimum Gasteiger partial charge on any atom is -0.497 e. The lowest BCUT2D eigenvalue weighted by Crippen LogP contribution is -2.45. The molecule has 1 N–H and O–H groups in total. The molecule has 3 aromatic heterocycles. The predicted octanol–water partition coefficient (Wildman–Crippen LogP) is 4.85. The van der Waals surface area contributed by atoms with Gasteiger partial charge in [-0.2, -0.15) is 4.98 Å². The van der Waals surface area contributed by atoms with E-state index in [2.05, 4.69) is 16.4 Å². The number of benzene rings is 2. The van der Waals surface area contributed by atoms with Gasteiger partial charge in [-0.25, -0.2) is 15.0 Å². The van der Waals surface area contributed by atoms with Gasteiger partial charge >= 0.3 is 0 Å². The Morgan fingerprint density at radius 1 is 0.974 bits per heavy atom. The molecule has 1 amide bonds. The zero-order valence-corrected chi connectivity index (χ0v) is 21.7. The lowest BCUT2D eigenvalue weighted by molar-refractivity contribution is -0.133. The molecule has 39 heavy (non-hydrogen) atoms. The zero-order chi connectivity index (χ0) is 26.3. The Kier molecular flexibility index (Phi) is 5.83. The van der Waals surface area contributed by atoms with E-state index in [1.807, 2.05) is 64.1 Å². The lowest BCUT2D eigenvalue weighted by Gasteiger charge is -2.33. The van der Waals surface area contributed by atoms with Gasteiger partial charge in [-0.05, 0) is 56.0 Å². The minimum atomic E-state index is 0.109. The molecular weight excluding hydrogens is 490 g/mol. The SMILES string of the molecule is COc1ccc2nc(-c3ccc4ccccc4n3)n(-c3ccnc(NC4CCCN(C(=O)C5CC5)C4)n3)c2c1. The van der Waals surface area contributed by atoms with Crippen molar-refractivity contribution in [1.29, 1.82) is 0 Å². The molecule has 1 saturated carbocycles. The fourth-order valence-corrected chi connectivity index (χ4v) is 5.39. The second-order valence-electron chi connectivity index (χ2n) is 10.3. The molecule has 9 heteroatoms. The van der Waals surface area contributed by atoms with Crippen LogP contribution in [0.15, 0.2) is 66.9 Å². The zero-order valence-electron chi connectivity index (χ0n) is 21.7. The molecule has 0 radical (unpaired) electrons. The number of amides is 1. The molecule has 2 aromatic carbocycles. The van der Waals surface area contributed by atoms with Crippen LogP contribution in [0.5, 0.6) is 5.75 Å². The number of methoxy groups -OCH3 is 1. The molecule has 2 fully saturated rings. The van der Waals surface area contributed by atoms with Gasteiger partial charge in [-0.3, -0.25) is 9.36 Å². The van der Waals surface area contributed by atoms with Crippen LogP contribution in [0.4, 0.5) is 5.95 Å². The van der Waals surface area contributed by atoms with Crippen molar-refractivity contribution in [3.63, 3.8) is 0 Å². The molecule has 5 aromatic rings. The van der Waals surface area contributed by atoms with Gasteiger partial charge in [0, 0.05) is 42.7 Å². The quantitative estimate of drug-likeness (QED) is 0.342. The Morgan fingerprint density at radius 2 is 1.87 bits per heavy atom. The number of nitrogens with zero attached hydrogens (tertiary/aromatic N) is 6. The molecule has 2 aliphatic rings. The summed E-state index contributed by atoms with van der Waals surface area (Å²) in [5, 5.41) is 4.56. The maximum Gasteiger partial charge on any atom is 0.225 e. The van der Waals surface area contributed by atoms with Crippen molar-refractivity contribution in [1.82, 2.24) is 29.4 Å². The number of fused-ring (bicyclic) bond motifs is 2. The van der Waals surface area contributed by atoms with E-state index in [1.54, 1.807) is 13.3 Å². The summed E-state index contributed by atoms with van der Waals surface area (Å²) in [7, 11) is 1.65. The summed E-state index contributed by atoms with van der Waals surface area (Å²) in [6.07, 6.45) is 5.75. The number of carbonyl (C=O) groups is 1. The van der Waals surface area contributed by atoms with Gasteiger partial charge < -0.3 is 15.0 Å². The smallest absolute Gasteiger partial charge is 0.225 e. The largest absolute Gasteiger partial charge is 0.497 e. The van der Waals surface area contributed by atoms with E-state index in [0.717, 1.165) is 65.6 Å². The van der Waals surface area contributed by atoms with Crippen molar-refractivity contribution in [3.8, 4) is 23.1 Å². The second kappa shape index (κ2) is 9.65. The highest BCUT2D eigenvalue weighted by atomic mass is 16.5. The fourth-order valence-electron chi connectivity index (χ4n) is 5.39. The molecule has 7 rings (SSSR count). The monoisotopic (exact) mass is 519 g/mol. The van der Waals surface area contributed by atoms with Gasteiger partial charge in [0.1, 0.15) is 17.3 Å². The number of piperidine rings is 1. The maximum absolute atomic E-state index is 12.6. The predicted molar refractivity (Wildman–Crippen MR) is 150 cm³/mol. The van der Waals surface area contributed by atoms with E-state index in [0.29, 0.717) is 30.0 Å². The Morgan fingerprint density at radius 3 is 2.74 bits per heavy atom. The molecular formula is C30H29N7O2. The van der Waals surface area contributed by atoms with Gasteiger partial charge in [0.25, 0.3) is 0 Å². The van der Waals surface area contributed by atoms with Gasteiger partial charge in [0.05, 0.1) is 23.7 Å². The van der Waals surface area contributed by atoms with Crippen LogP contribution in [0.25, 0.3) is 39.3 Å². The number of hydrogen-bond acceptors (Lipinski definition) is 7. The van der Waals surface area contributed by atoms with Crippen LogP contribution in [0.3, 0.4) is 0 Å². The number of pyridine rings is 1. The van der Waals surface area contributed by atoms with Crippen molar-refractivity contribution >= 4 is 33.8 Å². The Labute approximate surface area is 225 Å². The first-order valence-electron chi connectivity index (χ1n) is 13.5. The Balaban J connectivity index is 1.27. The number of carbonyl (C=O) groups excluding carboxylic acids is 1. The van der Waals surface area contributed by atoms with Crippen LogP contribution < -0.4 is 10.1 Å². The number of anilines is 1. The van der Waals surface area contributed by atoms with Crippen molar-refractivity contribution in [3.05, 3.63) is 66.9 Å². The number of para-hydroxylation sites is 1. The number of likely N-dealkylation sites (tertiary alicyclic amines) is 1. The summed E-state index contributed by atoms with van der Waals surface area (Å²) in [4.78, 5) is 33.9. The topological polar surface area (TPSA) is 98.1 Å². The molecule has 196 valence electrons. The van der Waals surface area contributed by atoms with E-state index in [-0.39, 0.29) is 12.0 Å². The lowest BCUT2D eigenvalue weighted by atomic mass is 10.1. The molecule has 1 aliphatic carbocycles. The number of ether oxygens (including phenoxy) is 1. The van der Waals surface area contributed by atoms with Crippen LogP contribution >= 0.6 is 0 Å². The summed E-state index contributed by atoms with van der Waals surface area (Å²) in [6.45, 7) is 1.51. The molecule has 4 heterocycles. The first-order valence-corrected chi connectivity index (χ1v) is 13.5. The third-order valence-electron chi connectivity index (χ3n) is 7.55. The Bertz CT molecular complexity index is 1690. The number of hydrogen-bond donors (Lipinski definition) is 1. The molecule has 0 spiro atoms. The van der Waals surface area contributed by atoms with Gasteiger partial charge in [0.15, 0.2) is 5.82 Å². The van der Waals surface area contributed by atoms with Gasteiger partial charge in [-0.1, -0.05) is 24.3 Å². The summed E-state index contributed by atoms with van der Waals surface area (Å²) in [5.74, 6) is 3.15. The number of nitrogens with one attached hydrogen (secondary N) is 1. The van der Waals surface area contributed by atoms with Gasteiger partial charge in [0.2, 0.25) is 11.9 Å². The van der Waals surface area contributed by atoms with E-state index in [9.17, 15) is 4.79 Å². The highest BCUT2D eigenvalue weighted by Crippen LogP contribution is 2.33. The van der Waals surface area contributed by atoms with E-state index >= 15 is 0 Å². The fraction of sp³-hybridized carbons (Fsp3) is 0.300. The van der Waals surface area contributed by atoms with Crippen LogP contribution in [0.2, 0.25) is 0 Å². The number of aromatic nitrogens is 5. The average Bonchev–Trinajstić information content (AvgIpc) is 3.76. The van der Waals surface area contributed by atoms with E-state index in [1.165, 1.54) is 0 Å². The number of imidazole rings is 1. The maximum atomic E-state index is 12.6. The summed E-state index contributed by atoms with van der Waals surface area (Å²) < 4.78 is 7.53. The van der Waals surface area contributed by atoms with E-state index < -0.39 is 0 Å². The summed E-state index contributed by atoms with van der Waals surface area (Å²) in [5.41, 5.74) is 3.33. The molecule has 1 atom stereocenters. The van der Waals surface area contributed by atoms with Crippen LogP contribution in [0, 0.1) is 5.92 Å². The molecule has 0 bridgehead atoms. The third kappa shape index (κ3) is 4.54.